The Morgan fingerprint density at radius 3 is 2.20 bits per heavy atom. The molecule has 0 amide bonds. The summed E-state index contributed by atoms with van der Waals surface area (Å²) >= 11 is 0. The van der Waals surface area contributed by atoms with Gasteiger partial charge >= 0.3 is 6.18 Å². The van der Waals surface area contributed by atoms with Crippen molar-refractivity contribution < 1.29 is 13.2 Å². The molecule has 1 nitrogen and oxygen atoms in total. The third kappa shape index (κ3) is 3.11. The lowest BCUT2D eigenvalue weighted by Crippen LogP contribution is -2.29. The van der Waals surface area contributed by atoms with Crippen molar-refractivity contribution in [1.29, 1.82) is 0 Å². The summed E-state index contributed by atoms with van der Waals surface area (Å²) in [4.78, 5) is 0. The van der Waals surface area contributed by atoms with Crippen molar-refractivity contribution in [2.45, 2.75) is 26.1 Å². The minimum absolute atomic E-state index is 0. The number of nitrogens with two attached hydrogens (primary N) is 1. The van der Waals surface area contributed by atoms with E-state index in [1.807, 2.05) is 0 Å². The molecule has 1 aromatic rings. The maximum Gasteiger partial charge on any atom is 0.407 e. The summed E-state index contributed by atoms with van der Waals surface area (Å²) in [6.07, 6.45) is -4.38. The van der Waals surface area contributed by atoms with Gasteiger partial charge in [0.25, 0.3) is 0 Å². The molecule has 2 N–H and O–H groups in total. The minimum Gasteiger partial charge on any atom is -0.316 e. The Bertz CT molecular complexity index is 336. The molecule has 0 heterocycles. The van der Waals surface area contributed by atoms with E-state index in [0.717, 1.165) is 5.56 Å². The molecule has 0 saturated heterocycles. The zero-order valence-corrected chi connectivity index (χ0v) is 9.25. The fourth-order valence-electron chi connectivity index (χ4n) is 1.29. The molecule has 1 aromatic carbocycles. The minimum atomic E-state index is -4.38. The molecule has 0 aliphatic heterocycles. The largest absolute Gasteiger partial charge is 0.407 e. The van der Waals surface area contributed by atoms with Gasteiger partial charge < -0.3 is 5.73 Å². The zero-order valence-electron chi connectivity index (χ0n) is 8.43. The van der Waals surface area contributed by atoms with Crippen LogP contribution in [0.1, 0.15) is 22.7 Å². The fraction of sp³-hybridized carbons (Fsp3) is 0.400. The van der Waals surface area contributed by atoms with Crippen molar-refractivity contribution in [3.05, 3.63) is 34.9 Å². The monoisotopic (exact) mass is 239 g/mol. The standard InChI is InChI=1S/C10H12F3N.ClH/c1-6-4-3-5-8(7(6)2)9(14)10(11,12)13;/h3-5,9H,14H2,1-2H3;1H/t9-;/m1./s1. The molecule has 0 unspecified atom stereocenters. The molecule has 15 heavy (non-hydrogen) atoms. The van der Waals surface area contributed by atoms with Crippen molar-refractivity contribution >= 4 is 12.4 Å². The van der Waals surface area contributed by atoms with E-state index >= 15 is 0 Å². The van der Waals surface area contributed by atoms with Crippen LogP contribution in [0, 0.1) is 13.8 Å². The van der Waals surface area contributed by atoms with E-state index in [2.05, 4.69) is 0 Å². The average Bonchev–Trinajstić information content (AvgIpc) is 2.07. The zero-order chi connectivity index (χ0) is 10.9. The van der Waals surface area contributed by atoms with Crippen LogP contribution in [0.5, 0.6) is 0 Å². The highest BCUT2D eigenvalue weighted by atomic mass is 35.5. The Balaban J connectivity index is 0.00000196. The lowest BCUT2D eigenvalue weighted by atomic mass is 9.98. The van der Waals surface area contributed by atoms with E-state index < -0.39 is 12.2 Å². The predicted octanol–water partition coefficient (Wildman–Crippen LogP) is 3.29. The van der Waals surface area contributed by atoms with Crippen molar-refractivity contribution in [2.75, 3.05) is 0 Å². The van der Waals surface area contributed by atoms with Gasteiger partial charge in [-0.3, -0.25) is 0 Å². The Hall–Kier alpha value is -0.740. The Morgan fingerprint density at radius 2 is 1.73 bits per heavy atom. The molecular formula is C10H13ClF3N. The highest BCUT2D eigenvalue weighted by Crippen LogP contribution is 2.32. The predicted molar refractivity (Wildman–Crippen MR) is 56.1 cm³/mol. The van der Waals surface area contributed by atoms with Gasteiger partial charge in [0.15, 0.2) is 0 Å². The van der Waals surface area contributed by atoms with Crippen molar-refractivity contribution in [2.24, 2.45) is 5.73 Å². The highest BCUT2D eigenvalue weighted by Gasteiger charge is 2.38. The Morgan fingerprint density at radius 1 is 1.20 bits per heavy atom. The number of rotatable bonds is 1. The van der Waals surface area contributed by atoms with Crippen LogP contribution < -0.4 is 5.73 Å². The molecule has 5 heteroatoms. The van der Waals surface area contributed by atoms with Gasteiger partial charge in [-0.15, -0.1) is 12.4 Å². The Labute approximate surface area is 92.9 Å². The number of hydrogen-bond acceptors (Lipinski definition) is 1. The van der Waals surface area contributed by atoms with E-state index in [1.165, 1.54) is 6.07 Å². The molecule has 86 valence electrons. The number of alkyl halides is 3. The van der Waals surface area contributed by atoms with Gasteiger partial charge in [-0.25, -0.2) is 0 Å². The molecule has 0 bridgehead atoms. The smallest absolute Gasteiger partial charge is 0.316 e. The van der Waals surface area contributed by atoms with Crippen LogP contribution in [0.2, 0.25) is 0 Å². The summed E-state index contributed by atoms with van der Waals surface area (Å²) < 4.78 is 37.0. The first-order valence-electron chi connectivity index (χ1n) is 4.22. The lowest BCUT2D eigenvalue weighted by molar-refractivity contribution is -0.149. The topological polar surface area (TPSA) is 26.0 Å². The van der Waals surface area contributed by atoms with Crippen molar-refractivity contribution in [3.8, 4) is 0 Å². The number of benzene rings is 1. The molecule has 1 atom stereocenters. The SMILES string of the molecule is Cc1cccc([C@@H](N)C(F)(F)F)c1C.Cl. The molecule has 0 aromatic heterocycles. The van der Waals surface area contributed by atoms with Gasteiger partial charge in [-0.05, 0) is 30.5 Å². The second kappa shape index (κ2) is 4.86. The van der Waals surface area contributed by atoms with Gasteiger partial charge in [0, 0.05) is 0 Å². The normalized spacial score (nSPS) is 13.2. The molecular weight excluding hydrogens is 227 g/mol. The number of hydrogen-bond donors (Lipinski definition) is 1. The van der Waals surface area contributed by atoms with Crippen molar-refractivity contribution in [1.82, 2.24) is 0 Å². The van der Waals surface area contributed by atoms with E-state index in [4.69, 9.17) is 5.73 Å². The molecule has 0 aliphatic rings. The van der Waals surface area contributed by atoms with E-state index in [9.17, 15) is 13.2 Å². The third-order valence-corrected chi connectivity index (χ3v) is 2.33. The van der Waals surface area contributed by atoms with E-state index in [-0.39, 0.29) is 18.0 Å². The fourth-order valence-corrected chi connectivity index (χ4v) is 1.29. The quantitative estimate of drug-likeness (QED) is 0.800. The van der Waals surface area contributed by atoms with Crippen LogP contribution in [0.25, 0.3) is 0 Å². The molecule has 0 spiro atoms. The first kappa shape index (κ1) is 14.3. The van der Waals surface area contributed by atoms with Crippen molar-refractivity contribution in [3.63, 3.8) is 0 Å². The number of halogens is 4. The second-order valence-corrected chi connectivity index (χ2v) is 3.31. The maximum atomic E-state index is 12.3. The first-order chi connectivity index (χ1) is 6.34. The lowest BCUT2D eigenvalue weighted by Gasteiger charge is -2.18. The van der Waals surface area contributed by atoms with Crippen LogP contribution in [0.4, 0.5) is 13.2 Å². The van der Waals surface area contributed by atoms with Crippen LogP contribution in [-0.2, 0) is 0 Å². The van der Waals surface area contributed by atoms with E-state index in [1.54, 1.807) is 26.0 Å². The summed E-state index contributed by atoms with van der Waals surface area (Å²) in [5.74, 6) is 0. The second-order valence-electron chi connectivity index (χ2n) is 3.31. The van der Waals surface area contributed by atoms with Gasteiger partial charge in [0.05, 0.1) is 0 Å². The summed E-state index contributed by atoms with van der Waals surface area (Å²) in [7, 11) is 0. The summed E-state index contributed by atoms with van der Waals surface area (Å²) in [5.41, 5.74) is 6.70. The van der Waals surface area contributed by atoms with Gasteiger partial charge in [0.1, 0.15) is 6.04 Å². The van der Waals surface area contributed by atoms with Gasteiger partial charge in [-0.1, -0.05) is 18.2 Å². The van der Waals surface area contributed by atoms with Gasteiger partial charge in [-0.2, -0.15) is 13.2 Å². The Kier molecular flexibility index (Phi) is 4.62. The van der Waals surface area contributed by atoms with E-state index in [0.29, 0.717) is 5.56 Å². The average molecular weight is 240 g/mol. The first-order valence-corrected chi connectivity index (χ1v) is 4.22. The summed E-state index contributed by atoms with van der Waals surface area (Å²) in [6, 6.07) is 2.88. The van der Waals surface area contributed by atoms with Crippen LogP contribution in [-0.4, -0.2) is 6.18 Å². The molecule has 0 fully saturated rings. The van der Waals surface area contributed by atoms with Gasteiger partial charge in [0.2, 0.25) is 0 Å². The highest BCUT2D eigenvalue weighted by molar-refractivity contribution is 5.85. The molecule has 0 aliphatic carbocycles. The summed E-state index contributed by atoms with van der Waals surface area (Å²) in [6.45, 7) is 3.41. The number of aryl methyl sites for hydroxylation is 1. The van der Waals surface area contributed by atoms with Crippen LogP contribution in [0.15, 0.2) is 18.2 Å². The summed E-state index contributed by atoms with van der Waals surface area (Å²) in [5, 5.41) is 0. The molecule has 0 radical (unpaired) electrons. The third-order valence-electron chi connectivity index (χ3n) is 2.33. The maximum absolute atomic E-state index is 12.3. The molecule has 1 rings (SSSR count). The van der Waals surface area contributed by atoms with Crippen LogP contribution >= 0.6 is 12.4 Å². The molecule has 0 saturated carbocycles. The van der Waals surface area contributed by atoms with Crippen LogP contribution in [0.3, 0.4) is 0 Å².